The van der Waals surface area contributed by atoms with Crippen molar-refractivity contribution in [2.45, 2.75) is 167 Å². The number of aliphatic hydroxyl groups excluding tert-OH is 6. The summed E-state index contributed by atoms with van der Waals surface area (Å²) in [5.41, 5.74) is 1.10. The fraction of sp³-hybridized carbons (Fsp3) is 0.897. The fourth-order valence-electron chi connectivity index (χ4n) is 11.0. The SMILES string of the molecule is C[C@H](CCC(=O)[C@@H](C)[C@H]1C(=O)C[C@H]2[C@@H]3CC=C4C[C@@H](O[C@@H]5O[C@@H](C)[C@H](O)[C@@H](O)[C@H]5O)CC[C@]4(C)[C@H]3CC[C@]12C)CO[C@@H]1O[C@@H](C)[C@H](O)[C@@H](O)[C@H]1O. The smallest absolute Gasteiger partial charge is 0.186 e. The van der Waals surface area contributed by atoms with Gasteiger partial charge >= 0.3 is 0 Å². The highest BCUT2D eigenvalue weighted by atomic mass is 16.7. The zero-order valence-corrected chi connectivity index (χ0v) is 31.1. The highest BCUT2D eigenvalue weighted by Crippen LogP contribution is 2.66. The van der Waals surface area contributed by atoms with Crippen molar-refractivity contribution >= 4 is 11.6 Å². The molecule has 0 radical (unpaired) electrons. The molecule has 2 heterocycles. The summed E-state index contributed by atoms with van der Waals surface area (Å²) in [6.45, 7) is 12.0. The summed E-state index contributed by atoms with van der Waals surface area (Å²) in [6.07, 6.45) is -2.33. The van der Waals surface area contributed by atoms with Gasteiger partial charge in [0.15, 0.2) is 12.6 Å². The van der Waals surface area contributed by atoms with Crippen LogP contribution in [0.4, 0.5) is 0 Å². The molecule has 290 valence electrons. The van der Waals surface area contributed by atoms with Gasteiger partial charge in [-0.1, -0.05) is 39.3 Å². The maximum Gasteiger partial charge on any atom is 0.186 e. The van der Waals surface area contributed by atoms with Gasteiger partial charge in [-0.3, -0.25) is 9.59 Å². The van der Waals surface area contributed by atoms with Gasteiger partial charge < -0.3 is 49.6 Å². The lowest BCUT2D eigenvalue weighted by Crippen LogP contribution is -2.58. The number of ether oxygens (including phenoxy) is 4. The van der Waals surface area contributed by atoms with Crippen molar-refractivity contribution in [1.29, 1.82) is 0 Å². The van der Waals surface area contributed by atoms with Crippen LogP contribution in [0.25, 0.3) is 0 Å². The van der Waals surface area contributed by atoms with E-state index in [0.717, 1.165) is 38.5 Å². The minimum Gasteiger partial charge on any atom is -0.388 e. The number of fused-ring (bicyclic) bond motifs is 5. The molecule has 51 heavy (non-hydrogen) atoms. The van der Waals surface area contributed by atoms with Crippen LogP contribution in [-0.4, -0.2) is 116 Å². The van der Waals surface area contributed by atoms with E-state index in [4.69, 9.17) is 18.9 Å². The number of hydrogen-bond acceptors (Lipinski definition) is 12. The van der Waals surface area contributed by atoms with Gasteiger partial charge in [0.2, 0.25) is 0 Å². The van der Waals surface area contributed by atoms with Crippen LogP contribution in [0.15, 0.2) is 11.6 Å². The Morgan fingerprint density at radius 2 is 1.49 bits per heavy atom. The fourth-order valence-corrected chi connectivity index (χ4v) is 11.0. The standard InChI is InChI=1S/C39H62O12/c1-18(17-48-36-34(46)32(44)30(42)20(3)49-36)7-10-27(40)19(2)29-28(41)16-26-24-9-8-22-15-23(51-37-35(47)33(45)31(43)21(4)50-37)11-13-38(22,5)25(24)12-14-39(26,29)6/h8,18-21,23-26,29-37,42-47H,7,9-17H2,1-6H3/t18-,19-,20+,21+,23+,24-,25+,26+,29+,30+,31+,32-,33-,34-,35-,36-,37+,38+,39+/m1/s1. The molecular weight excluding hydrogens is 660 g/mol. The molecular formula is C39H62O12. The molecule has 0 bridgehead atoms. The summed E-state index contributed by atoms with van der Waals surface area (Å²) >= 11 is 0. The van der Waals surface area contributed by atoms with Gasteiger partial charge in [0, 0.05) is 24.7 Å². The molecule has 6 rings (SSSR count). The van der Waals surface area contributed by atoms with Crippen LogP contribution in [0.3, 0.4) is 0 Å². The second-order valence-electron chi connectivity index (χ2n) is 17.5. The van der Waals surface area contributed by atoms with Gasteiger partial charge in [-0.15, -0.1) is 0 Å². The van der Waals surface area contributed by atoms with Gasteiger partial charge in [0.05, 0.1) is 24.9 Å². The highest BCUT2D eigenvalue weighted by molar-refractivity contribution is 5.92. The predicted molar refractivity (Wildman–Crippen MR) is 184 cm³/mol. The summed E-state index contributed by atoms with van der Waals surface area (Å²) in [5, 5.41) is 61.1. The third-order valence-corrected chi connectivity index (χ3v) is 14.4. The summed E-state index contributed by atoms with van der Waals surface area (Å²) < 4.78 is 23.2. The molecule has 0 aromatic rings. The Hall–Kier alpha value is -1.32. The Morgan fingerprint density at radius 1 is 0.863 bits per heavy atom. The topological polar surface area (TPSA) is 192 Å². The van der Waals surface area contributed by atoms with Gasteiger partial charge in [0.1, 0.15) is 48.2 Å². The van der Waals surface area contributed by atoms with Crippen molar-refractivity contribution in [3.05, 3.63) is 11.6 Å². The minimum atomic E-state index is -1.37. The number of rotatable bonds is 10. The van der Waals surface area contributed by atoms with Crippen molar-refractivity contribution < 1.29 is 59.2 Å². The third-order valence-electron chi connectivity index (χ3n) is 14.4. The number of hydrogen-bond donors (Lipinski definition) is 6. The summed E-state index contributed by atoms with van der Waals surface area (Å²) in [7, 11) is 0. The van der Waals surface area contributed by atoms with E-state index in [1.54, 1.807) is 13.8 Å². The molecule has 12 heteroatoms. The quantitative estimate of drug-likeness (QED) is 0.181. The molecule has 3 saturated carbocycles. The van der Waals surface area contributed by atoms with E-state index in [0.29, 0.717) is 31.1 Å². The number of carbonyl (C=O) groups is 2. The lowest BCUT2D eigenvalue weighted by Gasteiger charge is -2.58. The normalized spacial score (nSPS) is 49.7. The largest absolute Gasteiger partial charge is 0.388 e. The van der Waals surface area contributed by atoms with Crippen LogP contribution < -0.4 is 0 Å². The van der Waals surface area contributed by atoms with E-state index >= 15 is 0 Å². The summed E-state index contributed by atoms with van der Waals surface area (Å²) in [4.78, 5) is 27.5. The highest BCUT2D eigenvalue weighted by Gasteiger charge is 2.62. The monoisotopic (exact) mass is 722 g/mol. The van der Waals surface area contributed by atoms with E-state index < -0.39 is 61.4 Å². The van der Waals surface area contributed by atoms with E-state index in [9.17, 15) is 40.2 Å². The molecule has 2 aliphatic heterocycles. The first-order valence-corrected chi connectivity index (χ1v) is 19.4. The zero-order valence-electron chi connectivity index (χ0n) is 31.1. The van der Waals surface area contributed by atoms with Gasteiger partial charge in [-0.2, -0.15) is 0 Å². The molecule has 6 aliphatic rings. The Bertz CT molecular complexity index is 1310. The number of ketones is 2. The van der Waals surface area contributed by atoms with Gasteiger partial charge in [-0.25, -0.2) is 0 Å². The maximum atomic E-state index is 13.8. The molecule has 5 fully saturated rings. The van der Waals surface area contributed by atoms with E-state index in [-0.39, 0.29) is 58.8 Å². The Morgan fingerprint density at radius 3 is 2.16 bits per heavy atom. The van der Waals surface area contributed by atoms with Crippen molar-refractivity contribution in [2.75, 3.05) is 6.61 Å². The lowest BCUT2D eigenvalue weighted by atomic mass is 9.47. The Balaban J connectivity index is 1.04. The minimum absolute atomic E-state index is 0.0193. The number of Topliss-reactive ketones (excluding diaryl/α,β-unsaturated/α-hetero) is 2. The molecule has 12 nitrogen and oxygen atoms in total. The van der Waals surface area contributed by atoms with Gasteiger partial charge in [-0.05, 0) is 93.3 Å². The molecule has 19 atom stereocenters. The van der Waals surface area contributed by atoms with E-state index in [2.05, 4.69) is 19.9 Å². The Kier molecular flexibility index (Phi) is 11.6. The number of allylic oxidation sites excluding steroid dienone is 1. The van der Waals surface area contributed by atoms with Crippen molar-refractivity contribution in [1.82, 2.24) is 0 Å². The molecule has 0 unspecified atom stereocenters. The first-order valence-electron chi connectivity index (χ1n) is 19.4. The van der Waals surface area contributed by atoms with Crippen molar-refractivity contribution in [2.24, 2.45) is 46.3 Å². The van der Waals surface area contributed by atoms with Crippen molar-refractivity contribution in [3.63, 3.8) is 0 Å². The van der Waals surface area contributed by atoms with Crippen LogP contribution in [0.5, 0.6) is 0 Å². The predicted octanol–water partition coefficient (Wildman–Crippen LogP) is 2.42. The number of carbonyl (C=O) groups excluding carboxylic acids is 2. The molecule has 6 N–H and O–H groups in total. The molecule has 0 amide bonds. The van der Waals surface area contributed by atoms with Crippen molar-refractivity contribution in [3.8, 4) is 0 Å². The second kappa shape index (κ2) is 15.1. The maximum absolute atomic E-state index is 13.8. The summed E-state index contributed by atoms with van der Waals surface area (Å²) in [6, 6.07) is 0. The van der Waals surface area contributed by atoms with Crippen LogP contribution in [0.2, 0.25) is 0 Å². The Labute approximate surface area is 301 Å². The number of aliphatic hydroxyl groups is 6. The first-order chi connectivity index (χ1) is 24.0. The lowest BCUT2D eigenvalue weighted by molar-refractivity contribution is -0.305. The van der Waals surface area contributed by atoms with Crippen LogP contribution in [0.1, 0.15) is 99.3 Å². The van der Waals surface area contributed by atoms with Crippen LogP contribution in [-0.2, 0) is 28.5 Å². The molecule has 4 aliphatic carbocycles. The molecule has 2 saturated heterocycles. The van der Waals surface area contributed by atoms with Gasteiger partial charge in [0.25, 0.3) is 0 Å². The molecule has 0 spiro atoms. The molecule has 0 aromatic carbocycles. The van der Waals surface area contributed by atoms with Crippen LogP contribution in [0, 0.1) is 46.3 Å². The summed E-state index contributed by atoms with van der Waals surface area (Å²) in [5.74, 6) is 0.610. The average Bonchev–Trinajstić information content (AvgIpc) is 3.37. The van der Waals surface area contributed by atoms with Crippen LogP contribution >= 0.6 is 0 Å². The van der Waals surface area contributed by atoms with E-state index in [1.165, 1.54) is 5.57 Å². The first kappa shape index (κ1) is 39.4. The zero-order chi connectivity index (χ0) is 37.2. The average molecular weight is 723 g/mol. The second-order valence-corrected chi connectivity index (χ2v) is 17.5. The molecule has 0 aromatic heterocycles. The third kappa shape index (κ3) is 7.16. The van der Waals surface area contributed by atoms with E-state index in [1.807, 2.05) is 13.8 Å².